The number of rotatable bonds is 3. The molecule has 2 heterocycles. The van der Waals surface area contributed by atoms with Crippen molar-refractivity contribution in [1.82, 2.24) is 4.57 Å². The summed E-state index contributed by atoms with van der Waals surface area (Å²) in [5, 5.41) is 14.0. The maximum Gasteiger partial charge on any atom is 0.272 e. The van der Waals surface area contributed by atoms with Crippen LogP contribution in [0.4, 0.5) is 5.69 Å². The largest absolute Gasteiger partial charge is 0.392 e. The molecule has 1 aromatic carbocycles. The fourth-order valence-corrected chi connectivity index (χ4v) is 3.06. The second-order valence-corrected chi connectivity index (χ2v) is 5.52. The number of amides is 1. The van der Waals surface area contributed by atoms with E-state index in [0.717, 1.165) is 15.8 Å². The molecule has 0 fully saturated rings. The van der Waals surface area contributed by atoms with Gasteiger partial charge in [-0.15, -0.1) is 11.3 Å². The fourth-order valence-electron chi connectivity index (χ4n) is 2.21. The Labute approximate surface area is 120 Å². The zero-order valence-electron chi connectivity index (χ0n) is 11.0. The van der Waals surface area contributed by atoms with E-state index in [-0.39, 0.29) is 12.5 Å². The predicted molar refractivity (Wildman–Crippen MR) is 81.1 cm³/mol. The standard InChI is InChI=1S/C15H14N2O2S/c1-17-12-5-6-20-14(12)8-13(17)15(19)16-11-4-2-3-10(7-11)9-18/h2-8,18H,9H2,1H3,(H,16,19). The van der Waals surface area contributed by atoms with E-state index in [1.165, 1.54) is 0 Å². The summed E-state index contributed by atoms with van der Waals surface area (Å²) >= 11 is 1.62. The summed E-state index contributed by atoms with van der Waals surface area (Å²) in [7, 11) is 1.88. The molecular formula is C15H14N2O2S. The minimum atomic E-state index is -0.147. The Morgan fingerprint density at radius 2 is 2.20 bits per heavy atom. The summed E-state index contributed by atoms with van der Waals surface area (Å²) in [5.41, 5.74) is 3.15. The number of thiophene rings is 1. The molecule has 3 rings (SSSR count). The highest BCUT2D eigenvalue weighted by Gasteiger charge is 2.14. The zero-order valence-corrected chi connectivity index (χ0v) is 11.8. The molecule has 0 saturated carbocycles. The van der Waals surface area contributed by atoms with Gasteiger partial charge in [-0.05, 0) is 35.2 Å². The third kappa shape index (κ3) is 2.21. The Morgan fingerprint density at radius 3 is 2.95 bits per heavy atom. The van der Waals surface area contributed by atoms with Gasteiger partial charge in [0.25, 0.3) is 5.91 Å². The molecule has 2 aromatic heterocycles. The average Bonchev–Trinajstić information content (AvgIpc) is 3.02. The normalized spacial score (nSPS) is 10.9. The van der Waals surface area contributed by atoms with Crippen molar-refractivity contribution in [1.29, 1.82) is 0 Å². The van der Waals surface area contributed by atoms with Crippen molar-refractivity contribution in [3.63, 3.8) is 0 Å². The molecule has 0 aliphatic heterocycles. The third-order valence-electron chi connectivity index (χ3n) is 3.26. The van der Waals surface area contributed by atoms with Crippen molar-refractivity contribution in [3.05, 3.63) is 53.0 Å². The molecule has 102 valence electrons. The summed E-state index contributed by atoms with van der Waals surface area (Å²) < 4.78 is 2.98. The molecule has 20 heavy (non-hydrogen) atoms. The van der Waals surface area contributed by atoms with Crippen molar-refractivity contribution in [2.45, 2.75) is 6.61 Å². The molecule has 0 atom stereocenters. The topological polar surface area (TPSA) is 54.3 Å². The minimum Gasteiger partial charge on any atom is -0.392 e. The van der Waals surface area contributed by atoms with E-state index in [2.05, 4.69) is 5.32 Å². The number of benzene rings is 1. The molecule has 0 aliphatic rings. The first-order chi connectivity index (χ1) is 9.69. The van der Waals surface area contributed by atoms with Gasteiger partial charge in [-0.1, -0.05) is 12.1 Å². The zero-order chi connectivity index (χ0) is 14.1. The summed E-state index contributed by atoms with van der Waals surface area (Å²) in [5.74, 6) is -0.147. The van der Waals surface area contributed by atoms with E-state index in [9.17, 15) is 4.79 Å². The molecule has 0 spiro atoms. The number of carbonyl (C=O) groups is 1. The highest BCUT2D eigenvalue weighted by molar-refractivity contribution is 7.17. The van der Waals surface area contributed by atoms with Crippen LogP contribution in [-0.4, -0.2) is 15.6 Å². The second-order valence-electron chi connectivity index (χ2n) is 4.57. The first-order valence-electron chi connectivity index (χ1n) is 6.23. The lowest BCUT2D eigenvalue weighted by atomic mass is 10.2. The molecule has 2 N–H and O–H groups in total. The molecule has 1 amide bonds. The van der Waals surface area contributed by atoms with E-state index in [1.54, 1.807) is 17.4 Å². The van der Waals surface area contributed by atoms with Gasteiger partial charge < -0.3 is 15.0 Å². The number of aliphatic hydroxyl groups excluding tert-OH is 1. The molecule has 0 unspecified atom stereocenters. The van der Waals surface area contributed by atoms with Crippen LogP contribution in [0.15, 0.2) is 41.8 Å². The fraction of sp³-hybridized carbons (Fsp3) is 0.133. The van der Waals surface area contributed by atoms with Crippen molar-refractivity contribution in [3.8, 4) is 0 Å². The molecule has 0 radical (unpaired) electrons. The van der Waals surface area contributed by atoms with Gasteiger partial charge in [0.05, 0.1) is 16.8 Å². The van der Waals surface area contributed by atoms with Crippen LogP contribution in [0.1, 0.15) is 16.1 Å². The molecule has 3 aromatic rings. The smallest absolute Gasteiger partial charge is 0.272 e. The Kier molecular flexibility index (Phi) is 3.30. The maximum atomic E-state index is 12.3. The maximum absolute atomic E-state index is 12.3. The molecule has 0 saturated heterocycles. The summed E-state index contributed by atoms with van der Waals surface area (Å²) in [6, 6.07) is 11.1. The summed E-state index contributed by atoms with van der Waals surface area (Å²) in [4.78, 5) is 12.3. The van der Waals surface area contributed by atoms with Gasteiger partial charge in [0.1, 0.15) is 5.69 Å². The number of fused-ring (bicyclic) bond motifs is 1. The van der Waals surface area contributed by atoms with Gasteiger partial charge in [0, 0.05) is 12.7 Å². The quantitative estimate of drug-likeness (QED) is 0.777. The van der Waals surface area contributed by atoms with E-state index in [1.807, 2.05) is 47.3 Å². The Bertz CT molecular complexity index is 773. The number of anilines is 1. The first-order valence-corrected chi connectivity index (χ1v) is 7.11. The number of aromatic nitrogens is 1. The monoisotopic (exact) mass is 286 g/mol. The van der Waals surface area contributed by atoms with Crippen molar-refractivity contribution in [2.24, 2.45) is 7.05 Å². The highest BCUT2D eigenvalue weighted by atomic mass is 32.1. The Hall–Kier alpha value is -2.11. The molecule has 5 heteroatoms. The van der Waals surface area contributed by atoms with Crippen LogP contribution in [0.3, 0.4) is 0 Å². The van der Waals surface area contributed by atoms with Crippen molar-refractivity contribution in [2.75, 3.05) is 5.32 Å². The van der Waals surface area contributed by atoms with Crippen LogP contribution < -0.4 is 5.32 Å². The highest BCUT2D eigenvalue weighted by Crippen LogP contribution is 2.24. The van der Waals surface area contributed by atoms with E-state index in [4.69, 9.17) is 5.11 Å². The van der Waals surface area contributed by atoms with Gasteiger partial charge in [0.15, 0.2) is 0 Å². The van der Waals surface area contributed by atoms with Crippen LogP contribution in [0, 0.1) is 0 Å². The second kappa shape index (κ2) is 5.11. The van der Waals surface area contributed by atoms with Crippen molar-refractivity contribution < 1.29 is 9.90 Å². The number of hydrogen-bond acceptors (Lipinski definition) is 3. The first kappa shape index (κ1) is 12.9. The minimum absolute atomic E-state index is 0.0381. The van der Waals surface area contributed by atoms with Gasteiger partial charge in [-0.3, -0.25) is 4.79 Å². The van der Waals surface area contributed by atoms with Gasteiger partial charge >= 0.3 is 0 Å². The van der Waals surface area contributed by atoms with Gasteiger partial charge in [0.2, 0.25) is 0 Å². The average molecular weight is 286 g/mol. The van der Waals surface area contributed by atoms with E-state index >= 15 is 0 Å². The number of carbonyl (C=O) groups excluding carboxylic acids is 1. The number of aliphatic hydroxyl groups is 1. The summed E-state index contributed by atoms with van der Waals surface area (Å²) in [6.07, 6.45) is 0. The van der Waals surface area contributed by atoms with Crippen LogP contribution in [0.5, 0.6) is 0 Å². The molecule has 0 aliphatic carbocycles. The van der Waals surface area contributed by atoms with E-state index < -0.39 is 0 Å². The lowest BCUT2D eigenvalue weighted by Crippen LogP contribution is -2.15. The van der Waals surface area contributed by atoms with Crippen molar-refractivity contribution >= 4 is 33.1 Å². The Morgan fingerprint density at radius 1 is 1.35 bits per heavy atom. The predicted octanol–water partition coefficient (Wildman–Crippen LogP) is 2.98. The van der Waals surface area contributed by atoms with E-state index in [0.29, 0.717) is 11.4 Å². The Balaban J connectivity index is 1.88. The van der Waals surface area contributed by atoms with Crippen LogP contribution in [-0.2, 0) is 13.7 Å². The number of hydrogen-bond donors (Lipinski definition) is 2. The third-order valence-corrected chi connectivity index (χ3v) is 4.12. The molecule has 4 nitrogen and oxygen atoms in total. The van der Waals surface area contributed by atoms with Crippen LogP contribution in [0.2, 0.25) is 0 Å². The lowest BCUT2D eigenvalue weighted by molar-refractivity contribution is 0.101. The van der Waals surface area contributed by atoms with Gasteiger partial charge in [-0.2, -0.15) is 0 Å². The number of nitrogens with one attached hydrogen (secondary N) is 1. The molecule has 0 bridgehead atoms. The summed E-state index contributed by atoms with van der Waals surface area (Å²) in [6.45, 7) is -0.0381. The number of nitrogens with zero attached hydrogens (tertiary/aromatic N) is 1. The SMILES string of the molecule is Cn1c(C(=O)Nc2cccc(CO)c2)cc2sccc21. The number of aryl methyl sites for hydroxylation is 1. The van der Waals surface area contributed by atoms with Gasteiger partial charge in [-0.25, -0.2) is 0 Å². The van der Waals surface area contributed by atoms with Crippen LogP contribution >= 0.6 is 11.3 Å². The molecular weight excluding hydrogens is 272 g/mol. The lowest BCUT2D eigenvalue weighted by Gasteiger charge is -2.07. The van der Waals surface area contributed by atoms with Crippen LogP contribution in [0.25, 0.3) is 10.2 Å².